The number of esters is 1. The highest BCUT2D eigenvalue weighted by molar-refractivity contribution is 5.69. The van der Waals surface area contributed by atoms with E-state index in [-0.39, 0.29) is 13.0 Å². The minimum absolute atomic E-state index is 0.0419. The molecule has 1 aromatic rings. The van der Waals surface area contributed by atoms with Crippen molar-refractivity contribution in [2.45, 2.75) is 26.4 Å². The number of aryl methyl sites for hydroxylation is 1. The fourth-order valence-corrected chi connectivity index (χ4v) is 1.38. The molecule has 0 bridgehead atoms. The molecule has 0 heterocycles. The summed E-state index contributed by atoms with van der Waals surface area (Å²) in [6.07, 6.45) is -0.881. The molecule has 0 amide bonds. The number of hydrogen-bond acceptors (Lipinski definition) is 4. The first-order chi connectivity index (χ1) is 8.13. The smallest absolute Gasteiger partial charge is 0.308 e. The summed E-state index contributed by atoms with van der Waals surface area (Å²) in [6, 6.07) is 7.52. The summed E-state index contributed by atoms with van der Waals surface area (Å²) in [5.74, 6) is 0.309. The van der Waals surface area contributed by atoms with Crippen molar-refractivity contribution < 1.29 is 19.4 Å². The maximum absolute atomic E-state index is 11.1. The van der Waals surface area contributed by atoms with Gasteiger partial charge >= 0.3 is 5.97 Å². The summed E-state index contributed by atoms with van der Waals surface area (Å²) in [4.78, 5) is 11.1. The Kier molecular flexibility index (Phi) is 5.49. The Labute approximate surface area is 101 Å². The van der Waals surface area contributed by atoms with Crippen molar-refractivity contribution in [1.29, 1.82) is 0 Å². The van der Waals surface area contributed by atoms with E-state index in [0.717, 1.165) is 11.3 Å². The minimum atomic E-state index is -0.839. The number of hydrogen-bond donors (Lipinski definition) is 1. The van der Waals surface area contributed by atoms with Crippen molar-refractivity contribution in [1.82, 2.24) is 0 Å². The van der Waals surface area contributed by atoms with Crippen LogP contribution >= 0.6 is 0 Å². The van der Waals surface area contributed by atoms with Crippen LogP contribution in [0.5, 0.6) is 5.75 Å². The number of aliphatic hydroxyl groups is 1. The Morgan fingerprint density at radius 1 is 1.41 bits per heavy atom. The van der Waals surface area contributed by atoms with E-state index < -0.39 is 12.1 Å². The number of benzene rings is 1. The van der Waals surface area contributed by atoms with Gasteiger partial charge in [0.2, 0.25) is 0 Å². The van der Waals surface area contributed by atoms with Crippen molar-refractivity contribution in [2.24, 2.45) is 0 Å². The van der Waals surface area contributed by atoms with Crippen LogP contribution in [-0.4, -0.2) is 30.4 Å². The van der Waals surface area contributed by atoms with Gasteiger partial charge in [0.05, 0.1) is 19.1 Å². The third-order valence-corrected chi connectivity index (χ3v) is 2.23. The topological polar surface area (TPSA) is 55.8 Å². The van der Waals surface area contributed by atoms with Crippen LogP contribution in [0.4, 0.5) is 0 Å². The zero-order chi connectivity index (χ0) is 12.7. The molecule has 1 N–H and O–H groups in total. The van der Waals surface area contributed by atoms with Gasteiger partial charge in [0.15, 0.2) is 0 Å². The summed E-state index contributed by atoms with van der Waals surface area (Å²) >= 11 is 0. The second-order valence-electron chi connectivity index (χ2n) is 3.74. The first-order valence-electron chi connectivity index (χ1n) is 5.65. The molecule has 4 nitrogen and oxygen atoms in total. The Bertz CT molecular complexity index is 362. The van der Waals surface area contributed by atoms with Gasteiger partial charge in [0, 0.05) is 0 Å². The monoisotopic (exact) mass is 238 g/mol. The third-order valence-electron chi connectivity index (χ3n) is 2.23. The van der Waals surface area contributed by atoms with Crippen molar-refractivity contribution >= 4 is 5.97 Å². The van der Waals surface area contributed by atoms with Crippen molar-refractivity contribution in [3.05, 3.63) is 29.8 Å². The number of ether oxygens (including phenoxy) is 2. The van der Waals surface area contributed by atoms with E-state index in [2.05, 4.69) is 0 Å². The van der Waals surface area contributed by atoms with Crippen LogP contribution in [0.25, 0.3) is 0 Å². The van der Waals surface area contributed by atoms with Crippen molar-refractivity contribution in [3.63, 3.8) is 0 Å². The molecule has 0 radical (unpaired) electrons. The fraction of sp³-hybridized carbons (Fsp3) is 0.462. The van der Waals surface area contributed by atoms with Crippen molar-refractivity contribution in [3.8, 4) is 5.75 Å². The van der Waals surface area contributed by atoms with E-state index in [9.17, 15) is 9.90 Å². The molecule has 1 atom stereocenters. The van der Waals surface area contributed by atoms with Gasteiger partial charge in [-0.15, -0.1) is 0 Å². The molecule has 0 saturated heterocycles. The summed E-state index contributed by atoms with van der Waals surface area (Å²) in [5, 5.41) is 9.57. The van der Waals surface area contributed by atoms with Gasteiger partial charge in [-0.1, -0.05) is 18.2 Å². The van der Waals surface area contributed by atoms with Gasteiger partial charge < -0.3 is 14.6 Å². The molecule has 17 heavy (non-hydrogen) atoms. The lowest BCUT2D eigenvalue weighted by atomic mass is 10.2. The lowest BCUT2D eigenvalue weighted by Gasteiger charge is -2.13. The number of para-hydroxylation sites is 1. The van der Waals surface area contributed by atoms with E-state index in [1.807, 2.05) is 31.2 Å². The Morgan fingerprint density at radius 3 is 2.76 bits per heavy atom. The van der Waals surface area contributed by atoms with Crippen LogP contribution in [0.3, 0.4) is 0 Å². The maximum atomic E-state index is 11.1. The summed E-state index contributed by atoms with van der Waals surface area (Å²) in [5.41, 5.74) is 0.996. The average molecular weight is 238 g/mol. The van der Waals surface area contributed by atoms with Crippen LogP contribution in [0.2, 0.25) is 0 Å². The van der Waals surface area contributed by atoms with Crippen LogP contribution in [0, 0.1) is 6.92 Å². The predicted molar refractivity (Wildman–Crippen MR) is 63.9 cm³/mol. The van der Waals surface area contributed by atoms with Crippen molar-refractivity contribution in [2.75, 3.05) is 13.2 Å². The predicted octanol–water partition coefficient (Wildman–Crippen LogP) is 1.69. The molecule has 0 saturated carbocycles. The normalized spacial score (nSPS) is 11.9. The zero-order valence-electron chi connectivity index (χ0n) is 10.2. The molecule has 0 unspecified atom stereocenters. The third kappa shape index (κ3) is 4.87. The molecular formula is C13H18O4. The Balaban J connectivity index is 2.35. The Morgan fingerprint density at radius 2 is 2.12 bits per heavy atom. The number of carbonyl (C=O) groups is 1. The summed E-state index contributed by atoms with van der Waals surface area (Å²) in [7, 11) is 0. The van der Waals surface area contributed by atoms with Gasteiger partial charge in [0.25, 0.3) is 0 Å². The molecule has 4 heteroatoms. The summed E-state index contributed by atoms with van der Waals surface area (Å²) < 4.78 is 10.2. The Hall–Kier alpha value is -1.55. The van der Waals surface area contributed by atoms with Gasteiger partial charge in [-0.3, -0.25) is 4.79 Å². The molecule has 0 aliphatic heterocycles. The van der Waals surface area contributed by atoms with E-state index in [1.165, 1.54) is 0 Å². The minimum Gasteiger partial charge on any atom is -0.491 e. The number of carbonyl (C=O) groups excluding carboxylic acids is 1. The first kappa shape index (κ1) is 13.5. The molecule has 0 aliphatic carbocycles. The molecule has 0 aliphatic rings. The van der Waals surface area contributed by atoms with E-state index in [1.54, 1.807) is 6.92 Å². The van der Waals surface area contributed by atoms with Crippen LogP contribution in [0.1, 0.15) is 18.9 Å². The average Bonchev–Trinajstić information content (AvgIpc) is 2.28. The highest BCUT2D eigenvalue weighted by Gasteiger charge is 2.12. The van der Waals surface area contributed by atoms with Gasteiger partial charge in [-0.05, 0) is 25.5 Å². The number of rotatable bonds is 6. The lowest BCUT2D eigenvalue weighted by molar-refractivity contribution is -0.145. The van der Waals surface area contributed by atoms with E-state index in [0.29, 0.717) is 6.61 Å². The fourth-order valence-electron chi connectivity index (χ4n) is 1.38. The van der Waals surface area contributed by atoms with Gasteiger partial charge in [-0.25, -0.2) is 0 Å². The number of aliphatic hydroxyl groups excluding tert-OH is 1. The second kappa shape index (κ2) is 6.91. The largest absolute Gasteiger partial charge is 0.491 e. The zero-order valence-corrected chi connectivity index (χ0v) is 10.2. The first-order valence-corrected chi connectivity index (χ1v) is 5.65. The molecule has 0 spiro atoms. The lowest BCUT2D eigenvalue weighted by Crippen LogP contribution is -2.22. The molecule has 94 valence electrons. The molecule has 1 rings (SSSR count). The molecule has 0 fully saturated rings. The van der Waals surface area contributed by atoms with E-state index >= 15 is 0 Å². The van der Waals surface area contributed by atoms with Crippen LogP contribution in [0.15, 0.2) is 24.3 Å². The van der Waals surface area contributed by atoms with E-state index in [4.69, 9.17) is 9.47 Å². The highest BCUT2D eigenvalue weighted by atomic mass is 16.5. The molecule has 1 aromatic carbocycles. The standard InChI is InChI=1S/C13H18O4/c1-3-16-13(15)8-11(14)9-17-12-7-5-4-6-10(12)2/h4-7,11,14H,3,8-9H2,1-2H3/t11-/m0/s1. The van der Waals surface area contributed by atoms with Crippen LogP contribution < -0.4 is 4.74 Å². The van der Waals surface area contributed by atoms with Gasteiger partial charge in [0.1, 0.15) is 12.4 Å². The highest BCUT2D eigenvalue weighted by Crippen LogP contribution is 2.16. The molecular weight excluding hydrogens is 220 g/mol. The SMILES string of the molecule is CCOC(=O)C[C@H](O)COc1ccccc1C. The second-order valence-corrected chi connectivity index (χ2v) is 3.74. The molecule has 0 aromatic heterocycles. The summed E-state index contributed by atoms with van der Waals surface area (Å²) in [6.45, 7) is 4.06. The quantitative estimate of drug-likeness (QED) is 0.766. The maximum Gasteiger partial charge on any atom is 0.308 e. The van der Waals surface area contributed by atoms with Gasteiger partial charge in [-0.2, -0.15) is 0 Å². The van der Waals surface area contributed by atoms with Crippen LogP contribution in [-0.2, 0) is 9.53 Å².